The van der Waals surface area contributed by atoms with E-state index in [1.165, 1.54) is 42.9 Å². The highest BCUT2D eigenvalue weighted by Crippen LogP contribution is 2.43. The summed E-state index contributed by atoms with van der Waals surface area (Å²) >= 11 is 24.6. The van der Waals surface area contributed by atoms with Gasteiger partial charge in [-0.25, -0.2) is 21.6 Å². The molecule has 0 aliphatic carbocycles. The maximum Gasteiger partial charge on any atom is 0.253 e. The van der Waals surface area contributed by atoms with Crippen molar-refractivity contribution in [2.24, 2.45) is 5.41 Å². The molecule has 5 aliphatic heterocycles. The van der Waals surface area contributed by atoms with Crippen LogP contribution < -0.4 is 19.8 Å². The van der Waals surface area contributed by atoms with Crippen molar-refractivity contribution < 1.29 is 36.3 Å². The average molecular weight is 1520 g/mol. The van der Waals surface area contributed by atoms with Crippen LogP contribution in [0.1, 0.15) is 109 Å². The third kappa shape index (κ3) is 17.1. The van der Waals surface area contributed by atoms with E-state index in [4.69, 9.17) is 46.4 Å². The van der Waals surface area contributed by atoms with Crippen LogP contribution in [0.2, 0.25) is 20.1 Å². The first-order chi connectivity index (χ1) is 48.9. The second kappa shape index (κ2) is 30.4. The lowest BCUT2D eigenvalue weighted by Gasteiger charge is -2.45. The van der Waals surface area contributed by atoms with Gasteiger partial charge in [-0.05, 0) is 180 Å². The van der Waals surface area contributed by atoms with E-state index >= 15 is 0 Å². The van der Waals surface area contributed by atoms with Gasteiger partial charge in [0, 0.05) is 136 Å². The van der Waals surface area contributed by atoms with Gasteiger partial charge in [0.2, 0.25) is 21.8 Å². The molecule has 5 fully saturated rings. The van der Waals surface area contributed by atoms with Gasteiger partial charge in [0.25, 0.3) is 5.91 Å². The number of aromatic amines is 5. The number of carbonyl (C=O) groups excluding carboxylic acids is 3. The molecule has 6 aromatic carbocycles. The molecule has 24 nitrogen and oxygen atoms in total. The summed E-state index contributed by atoms with van der Waals surface area (Å²) in [5.74, 6) is 1.05. The molecule has 0 saturated carbocycles. The van der Waals surface area contributed by atoms with Crippen LogP contribution in [0.15, 0.2) is 127 Å². The second-order valence-electron chi connectivity index (χ2n) is 28.5. The van der Waals surface area contributed by atoms with E-state index in [0.717, 1.165) is 156 Å². The maximum absolute atomic E-state index is 12.1. The molecule has 2 atom stereocenters. The minimum Gasteiger partial charge on any atom is -0.381 e. The lowest BCUT2D eigenvalue weighted by molar-refractivity contribution is -0.149. The van der Waals surface area contributed by atoms with Gasteiger partial charge in [-0.15, -0.1) is 0 Å². The minimum atomic E-state index is -3.19. The van der Waals surface area contributed by atoms with Gasteiger partial charge >= 0.3 is 0 Å². The Kier molecular flexibility index (Phi) is 21.9. The average Bonchev–Trinajstić information content (AvgIpc) is 1.78. The lowest BCUT2D eigenvalue weighted by Crippen LogP contribution is -2.51. The third-order valence-electron chi connectivity index (χ3n) is 20.3. The van der Waals surface area contributed by atoms with Crippen LogP contribution in [0.4, 0.5) is 11.4 Å². The highest BCUT2D eigenvalue weighted by molar-refractivity contribution is 7.90. The van der Waals surface area contributed by atoms with Crippen LogP contribution in [0.5, 0.6) is 0 Å². The number of likely N-dealkylation sites (tertiary alicyclic amines) is 2. The maximum atomic E-state index is 12.1. The number of aliphatic hydroxyl groups is 1. The molecule has 3 amide bonds. The number of hydrogen-bond acceptors (Lipinski definition) is 15. The topological polar surface area (TPSA) is 320 Å². The number of sulfonamides is 1. The molecular weight excluding hydrogens is 1430 g/mol. The number of halogens is 4. The summed E-state index contributed by atoms with van der Waals surface area (Å²) in [6.45, 7) is 15.2. The van der Waals surface area contributed by atoms with Crippen LogP contribution in [-0.2, 0) is 34.2 Å². The number of hydrogen-bond donors (Lipinski definition) is 8. The molecule has 0 bridgehead atoms. The van der Waals surface area contributed by atoms with E-state index in [9.17, 15) is 36.3 Å². The molecule has 5 aromatic heterocycles. The predicted molar refractivity (Wildman–Crippen MR) is 407 cm³/mol. The van der Waals surface area contributed by atoms with Crippen LogP contribution in [0.25, 0.3) is 65.6 Å². The van der Waals surface area contributed by atoms with Gasteiger partial charge in [0.05, 0.1) is 75.1 Å². The predicted octanol–water partition coefficient (Wildman–Crippen LogP) is 12.7. The third-order valence-corrected chi connectivity index (χ3v) is 23.0. The van der Waals surface area contributed by atoms with Gasteiger partial charge < -0.3 is 30.0 Å². The zero-order chi connectivity index (χ0) is 73.3. The van der Waals surface area contributed by atoms with Crippen LogP contribution in [0, 0.1) is 5.41 Å². The number of fused-ring (bicyclic) bond motifs is 5. The Morgan fingerprint density at radius 1 is 0.583 bits per heavy atom. The van der Waals surface area contributed by atoms with Gasteiger partial charge in [-0.2, -0.15) is 25.5 Å². The number of rotatable bonds is 9. The van der Waals surface area contributed by atoms with E-state index in [1.807, 2.05) is 66.0 Å². The highest BCUT2D eigenvalue weighted by Gasteiger charge is 2.45. The molecule has 2 unspecified atom stereocenters. The fourth-order valence-corrected chi connectivity index (χ4v) is 17.5. The fraction of sp³-hybridized carbons (Fsp3) is 0.397. The van der Waals surface area contributed by atoms with Gasteiger partial charge in [-0.1, -0.05) is 70.7 Å². The number of benzene rings is 6. The van der Waals surface area contributed by atoms with Crippen molar-refractivity contribution in [1.82, 2.24) is 70.8 Å². The van der Waals surface area contributed by atoms with Crippen molar-refractivity contribution >= 4 is 150 Å². The van der Waals surface area contributed by atoms with Crippen LogP contribution in [0.3, 0.4) is 0 Å². The highest BCUT2D eigenvalue weighted by atomic mass is 35.5. The Hall–Kier alpha value is -8.34. The number of sulfone groups is 1. The van der Waals surface area contributed by atoms with Gasteiger partial charge in [0.15, 0.2) is 9.84 Å². The molecule has 5 saturated heterocycles. The first-order valence-electron chi connectivity index (χ1n) is 34.2. The van der Waals surface area contributed by atoms with Crippen molar-refractivity contribution in [1.29, 1.82) is 0 Å². The number of aromatic nitrogens is 10. The summed E-state index contributed by atoms with van der Waals surface area (Å²) in [4.78, 5) is 44.4. The largest absolute Gasteiger partial charge is 0.381 e. The molecule has 30 heteroatoms. The molecule has 544 valence electrons. The summed E-state index contributed by atoms with van der Waals surface area (Å²) in [5.41, 5.74) is 9.64. The Bertz CT molecular complexity index is 5150. The van der Waals surface area contributed by atoms with Crippen molar-refractivity contribution in [3.63, 3.8) is 0 Å². The van der Waals surface area contributed by atoms with Crippen molar-refractivity contribution in [3.8, 4) is 11.1 Å². The van der Waals surface area contributed by atoms with E-state index in [-0.39, 0.29) is 34.7 Å². The Morgan fingerprint density at radius 3 is 1.62 bits per heavy atom. The molecule has 1 spiro atoms. The summed E-state index contributed by atoms with van der Waals surface area (Å²) in [5, 5.41) is 55.9. The Labute approximate surface area is 617 Å². The summed E-state index contributed by atoms with van der Waals surface area (Å²) in [6, 6.07) is 28.1. The number of amides is 3. The monoisotopic (exact) mass is 1520 g/mol. The first-order valence-corrected chi connectivity index (χ1v) is 39.5. The van der Waals surface area contributed by atoms with Gasteiger partial charge in [-0.3, -0.25) is 39.9 Å². The number of nitrogens with zero attached hydrogens (tertiary/aromatic N) is 9. The summed E-state index contributed by atoms with van der Waals surface area (Å²) in [6.07, 6.45) is 18.8. The molecular formula is C73H84Cl4N16O8S2. The number of nitrogens with one attached hydrogen (secondary N) is 7. The smallest absolute Gasteiger partial charge is 0.253 e. The standard InChI is InChI=1S/C16H20ClN3O2.C16H21N3O.C15H17ClN4O.C14H11ClN2O2S.C12H15ClN4O2S/c1-16(2,22)15(21)20-5-3-10(4-6-20)12-7-11(17)8-14-13(12)9-18-19-14;1-11(20)19-8-7-12(9-16(19,2)3)13-5-4-6-15-14(13)10-17-18-15;16-10-7-12-11(9-18-19-12)13(8-10)20-5-2-15(3-6-20)1-4-17-14(15)21;1-20(18,19)11-4-2-9(3-5-11)12-6-10(15)7-14-13(12)8-16-17-14;1-20(18,19)16-9-2-3-17(7-9)12-5-8(13)4-11-10(12)6-14-15-11/h7-10,22H,3-6H2,1-2H3,(H,18,19);4-6,10,12H,7-9H2,1-3H3,(H,17,18);7-9H,1-6H2,(H,17,21)(H,18,19);2-8H,1H3,(H,16,17);4-6,9,16H,2-3,7H2,1H3,(H,14,15). The first kappa shape index (κ1) is 74.4. The number of anilines is 2. The Balaban J connectivity index is 0.000000121. The van der Waals surface area contributed by atoms with Gasteiger partial charge in [0.1, 0.15) is 5.60 Å². The molecule has 10 heterocycles. The van der Waals surface area contributed by atoms with E-state index < -0.39 is 25.5 Å². The summed E-state index contributed by atoms with van der Waals surface area (Å²) < 4.78 is 48.2. The van der Waals surface area contributed by atoms with E-state index in [2.05, 4.69) is 103 Å². The SMILES string of the molecule is CC(=O)N1CCC(c2cccc3[nH]ncc23)CC1(C)C.CC(C)(O)C(=O)N1CCC(c2cc(Cl)cc3[nH]ncc23)CC1.CS(=O)(=O)NC1CCN(c2cc(Cl)cc3[nH]ncc23)C1.CS(=O)(=O)c1ccc(-c2cc(Cl)cc3[nH]ncc23)cc1.O=C1NCCC12CCN(c1cc(Cl)cc3[nH]ncc13)CC2. The summed E-state index contributed by atoms with van der Waals surface area (Å²) in [7, 11) is -6.36. The number of H-pyrrole nitrogens is 5. The normalized spacial score (nSPS) is 18.5. The van der Waals surface area contributed by atoms with Crippen molar-refractivity contribution in [2.45, 2.75) is 120 Å². The molecule has 16 rings (SSSR count). The number of carbonyl (C=O) groups is 3. The molecule has 8 N–H and O–H groups in total. The second-order valence-corrected chi connectivity index (χ2v) is 34.0. The van der Waals surface area contributed by atoms with Crippen LogP contribution >= 0.6 is 46.4 Å². The Morgan fingerprint density at radius 2 is 1.09 bits per heavy atom. The zero-order valence-electron chi connectivity index (χ0n) is 58.3. The van der Waals surface area contributed by atoms with Crippen molar-refractivity contribution in [2.75, 3.05) is 74.7 Å². The molecule has 5 aliphatic rings. The number of piperidine rings is 3. The molecule has 103 heavy (non-hydrogen) atoms. The molecule has 11 aromatic rings. The quantitative estimate of drug-likeness (QED) is 0.0666. The minimum absolute atomic E-state index is 0.0640. The molecule has 0 radical (unpaired) electrons. The van der Waals surface area contributed by atoms with Crippen LogP contribution in [-0.4, -0.2) is 183 Å². The fourth-order valence-electron chi connectivity index (χ4n) is 15.2. The lowest BCUT2D eigenvalue weighted by atomic mass is 9.77. The van der Waals surface area contributed by atoms with E-state index in [1.54, 1.807) is 54.5 Å². The zero-order valence-corrected chi connectivity index (χ0v) is 62.9. The van der Waals surface area contributed by atoms with Crippen molar-refractivity contribution in [3.05, 3.63) is 153 Å². The van der Waals surface area contributed by atoms with E-state index in [0.29, 0.717) is 56.5 Å².